The summed E-state index contributed by atoms with van der Waals surface area (Å²) in [4.78, 5) is 0. The Labute approximate surface area is 236 Å². The van der Waals surface area contributed by atoms with Crippen LogP contribution in [0.2, 0.25) is 0 Å². The maximum atomic E-state index is 6.55. The molecule has 2 aliphatic heterocycles. The Hall–Kier alpha value is -3.41. The minimum absolute atomic E-state index is 0.363. The highest BCUT2D eigenvalue weighted by Gasteiger charge is 2.52. The molecule has 2 aliphatic rings. The largest absolute Gasteiger partial charge is 0.495 e. The van der Waals surface area contributed by atoms with Gasteiger partial charge in [0, 0.05) is 0 Å². The van der Waals surface area contributed by atoms with Gasteiger partial charge in [-0.25, -0.2) is 0 Å². The van der Waals surface area contributed by atoms with Crippen molar-refractivity contribution in [2.75, 3.05) is 13.2 Å². The zero-order valence-corrected chi connectivity index (χ0v) is 23.4. The van der Waals surface area contributed by atoms with Crippen LogP contribution in [0.25, 0.3) is 43.8 Å². The zero-order valence-electron chi connectivity index (χ0n) is 23.4. The second-order valence-electron chi connectivity index (χ2n) is 11.7. The fourth-order valence-corrected chi connectivity index (χ4v) is 6.08. The standard InChI is InChI=1S/C34H32B2O4/c1-33(2)34(3,4)40-36(39-33)30-20-12-10-18-28(30)32-25-15-7-5-13-23(25)31(24-14-6-8-16-26(24)32)27-17-9-11-19-29(27)35-37-21-22-38-35/h5-20H,21-22H2,1-4H3. The van der Waals surface area contributed by atoms with Gasteiger partial charge in [0.1, 0.15) is 0 Å². The van der Waals surface area contributed by atoms with E-state index in [1.165, 1.54) is 32.7 Å². The Morgan fingerprint density at radius 2 is 0.825 bits per heavy atom. The van der Waals surface area contributed by atoms with E-state index in [1.54, 1.807) is 0 Å². The normalized spacial score (nSPS) is 18.2. The third-order valence-electron chi connectivity index (χ3n) is 8.77. The molecule has 0 bridgehead atoms. The van der Waals surface area contributed by atoms with Gasteiger partial charge in [-0.3, -0.25) is 0 Å². The summed E-state index contributed by atoms with van der Waals surface area (Å²) in [6.07, 6.45) is 0. The lowest BCUT2D eigenvalue weighted by Crippen LogP contribution is -2.41. The Balaban J connectivity index is 1.52. The third-order valence-corrected chi connectivity index (χ3v) is 8.77. The molecular weight excluding hydrogens is 494 g/mol. The van der Waals surface area contributed by atoms with Crippen LogP contribution in [-0.2, 0) is 18.6 Å². The van der Waals surface area contributed by atoms with E-state index < -0.39 is 18.3 Å². The first-order chi connectivity index (χ1) is 19.4. The van der Waals surface area contributed by atoms with Crippen LogP contribution in [0.5, 0.6) is 0 Å². The lowest BCUT2D eigenvalue weighted by Gasteiger charge is -2.32. The van der Waals surface area contributed by atoms with Crippen molar-refractivity contribution in [2.24, 2.45) is 0 Å². The predicted octanol–water partition coefficient (Wildman–Crippen LogP) is 6.37. The van der Waals surface area contributed by atoms with E-state index in [-0.39, 0.29) is 7.12 Å². The van der Waals surface area contributed by atoms with E-state index in [2.05, 4.69) is 125 Å². The molecule has 4 nitrogen and oxygen atoms in total. The number of benzene rings is 5. The Bertz CT molecular complexity index is 1670. The number of hydrogen-bond acceptors (Lipinski definition) is 4. The number of fused-ring (bicyclic) bond motifs is 2. The van der Waals surface area contributed by atoms with Gasteiger partial charge in [-0.05, 0) is 82.4 Å². The summed E-state index contributed by atoms with van der Waals surface area (Å²) < 4.78 is 25.1. The lowest BCUT2D eigenvalue weighted by molar-refractivity contribution is 0.00578. The van der Waals surface area contributed by atoms with Crippen LogP contribution in [0.1, 0.15) is 27.7 Å². The molecule has 2 saturated heterocycles. The molecule has 40 heavy (non-hydrogen) atoms. The molecular formula is C34H32B2O4. The third kappa shape index (κ3) is 4.02. The summed E-state index contributed by atoms with van der Waals surface area (Å²) in [6.45, 7) is 9.62. The van der Waals surface area contributed by atoms with E-state index >= 15 is 0 Å². The average Bonchev–Trinajstić information content (AvgIpc) is 3.57. The van der Waals surface area contributed by atoms with Crippen molar-refractivity contribution in [3.8, 4) is 22.3 Å². The van der Waals surface area contributed by atoms with Crippen molar-refractivity contribution < 1.29 is 18.6 Å². The van der Waals surface area contributed by atoms with Crippen LogP contribution in [0.15, 0.2) is 97.1 Å². The SMILES string of the molecule is CC1(C)OB(c2ccccc2-c2c3ccccc3c(-c3ccccc3B3OCCO3)c3ccccc23)OC1(C)C. The van der Waals surface area contributed by atoms with E-state index in [0.29, 0.717) is 13.2 Å². The highest BCUT2D eigenvalue weighted by Crippen LogP contribution is 2.44. The van der Waals surface area contributed by atoms with Gasteiger partial charge in [0.15, 0.2) is 0 Å². The Morgan fingerprint density at radius 1 is 0.475 bits per heavy atom. The smallest absolute Gasteiger partial charge is 0.405 e. The molecule has 0 amide bonds. The van der Waals surface area contributed by atoms with Crippen LogP contribution < -0.4 is 10.9 Å². The van der Waals surface area contributed by atoms with Gasteiger partial charge in [-0.2, -0.15) is 0 Å². The highest BCUT2D eigenvalue weighted by atomic mass is 16.7. The maximum absolute atomic E-state index is 6.55. The fraction of sp³-hybridized carbons (Fsp3) is 0.235. The summed E-state index contributed by atoms with van der Waals surface area (Å²) in [5.74, 6) is 0. The molecule has 0 spiro atoms. The zero-order chi connectivity index (χ0) is 27.5. The van der Waals surface area contributed by atoms with Crippen molar-refractivity contribution in [2.45, 2.75) is 38.9 Å². The van der Waals surface area contributed by atoms with E-state index in [9.17, 15) is 0 Å². The molecule has 0 aliphatic carbocycles. The van der Waals surface area contributed by atoms with E-state index in [0.717, 1.165) is 22.1 Å². The molecule has 0 radical (unpaired) electrons. The first-order valence-corrected chi connectivity index (χ1v) is 14.1. The molecule has 2 fully saturated rings. The molecule has 2 heterocycles. The fourth-order valence-electron chi connectivity index (χ4n) is 6.08. The first kappa shape index (κ1) is 25.6. The van der Waals surface area contributed by atoms with Gasteiger partial charge < -0.3 is 18.6 Å². The molecule has 7 rings (SSSR count). The molecule has 0 unspecified atom stereocenters. The van der Waals surface area contributed by atoms with E-state index in [4.69, 9.17) is 18.6 Å². The molecule has 0 atom stereocenters. The number of hydrogen-bond donors (Lipinski definition) is 0. The summed E-state index contributed by atoms with van der Waals surface area (Å²) in [6, 6.07) is 34.4. The van der Waals surface area contributed by atoms with E-state index in [1.807, 2.05) is 0 Å². The Kier molecular flexibility index (Phi) is 6.13. The first-order valence-electron chi connectivity index (χ1n) is 14.1. The van der Waals surface area contributed by atoms with Crippen molar-refractivity contribution in [1.82, 2.24) is 0 Å². The molecule has 0 saturated carbocycles. The summed E-state index contributed by atoms with van der Waals surface area (Å²) in [5, 5.41) is 4.74. The van der Waals surface area contributed by atoms with Crippen molar-refractivity contribution in [3.63, 3.8) is 0 Å². The number of rotatable bonds is 4. The quantitative estimate of drug-likeness (QED) is 0.202. The predicted molar refractivity (Wildman–Crippen MR) is 165 cm³/mol. The summed E-state index contributed by atoms with van der Waals surface area (Å²) in [5.41, 5.74) is 5.88. The second-order valence-corrected chi connectivity index (χ2v) is 11.7. The van der Waals surface area contributed by atoms with Crippen LogP contribution in [0.4, 0.5) is 0 Å². The Morgan fingerprint density at radius 3 is 1.25 bits per heavy atom. The van der Waals surface area contributed by atoms with Crippen LogP contribution >= 0.6 is 0 Å². The van der Waals surface area contributed by atoms with Gasteiger partial charge in [0.05, 0.1) is 24.4 Å². The maximum Gasteiger partial charge on any atom is 0.495 e. The molecule has 0 N–H and O–H groups in total. The van der Waals surface area contributed by atoms with Crippen LogP contribution in [0, 0.1) is 0 Å². The van der Waals surface area contributed by atoms with Gasteiger partial charge in [0.25, 0.3) is 0 Å². The molecule has 198 valence electrons. The molecule has 5 aromatic rings. The average molecular weight is 526 g/mol. The van der Waals surface area contributed by atoms with Crippen molar-refractivity contribution in [3.05, 3.63) is 97.1 Å². The minimum atomic E-state index is -0.462. The lowest BCUT2D eigenvalue weighted by atomic mass is 9.71. The highest BCUT2D eigenvalue weighted by molar-refractivity contribution is 6.64. The second kappa shape index (κ2) is 9.60. The van der Waals surface area contributed by atoms with Crippen LogP contribution in [0.3, 0.4) is 0 Å². The molecule has 5 aromatic carbocycles. The van der Waals surface area contributed by atoms with Crippen molar-refractivity contribution in [1.29, 1.82) is 0 Å². The topological polar surface area (TPSA) is 36.9 Å². The minimum Gasteiger partial charge on any atom is -0.405 e. The van der Waals surface area contributed by atoms with Gasteiger partial charge in [-0.1, -0.05) is 97.1 Å². The van der Waals surface area contributed by atoms with Crippen LogP contribution in [-0.4, -0.2) is 38.7 Å². The summed E-state index contributed by atoms with van der Waals surface area (Å²) in [7, 11) is -0.826. The summed E-state index contributed by atoms with van der Waals surface area (Å²) >= 11 is 0. The monoisotopic (exact) mass is 526 g/mol. The van der Waals surface area contributed by atoms with Gasteiger partial charge in [-0.15, -0.1) is 0 Å². The van der Waals surface area contributed by atoms with Gasteiger partial charge >= 0.3 is 14.2 Å². The van der Waals surface area contributed by atoms with Crippen molar-refractivity contribution >= 4 is 46.7 Å². The van der Waals surface area contributed by atoms with Gasteiger partial charge in [0.2, 0.25) is 0 Å². The molecule has 0 aromatic heterocycles. The molecule has 6 heteroatoms.